The molecule has 2 rings (SSSR count). The van der Waals surface area contributed by atoms with E-state index in [4.69, 9.17) is 5.26 Å². The van der Waals surface area contributed by atoms with Gasteiger partial charge in [-0.1, -0.05) is 6.07 Å². The van der Waals surface area contributed by atoms with E-state index in [2.05, 4.69) is 45.1 Å². The zero-order valence-electron chi connectivity index (χ0n) is 12.1. The molecular weight excluding hydrogens is 236 g/mol. The van der Waals surface area contributed by atoms with Crippen LogP contribution in [0.5, 0.6) is 0 Å². The lowest BCUT2D eigenvalue weighted by molar-refractivity contribution is -0.124. The van der Waals surface area contributed by atoms with E-state index >= 15 is 0 Å². The van der Waals surface area contributed by atoms with Gasteiger partial charge in [-0.05, 0) is 68.4 Å². The van der Waals surface area contributed by atoms with E-state index in [-0.39, 0.29) is 5.91 Å². The molecule has 0 bridgehead atoms. The SMILES string of the molecule is Cc1cc(C)c(C)c(CNC(=O)C2(C#N)CC2)c1C. The molecule has 0 heterocycles. The Labute approximate surface area is 114 Å². The predicted octanol–water partition coefficient (Wildman–Crippen LogP) is 2.84. The van der Waals surface area contributed by atoms with Crippen molar-refractivity contribution < 1.29 is 4.79 Å². The van der Waals surface area contributed by atoms with Gasteiger partial charge in [-0.2, -0.15) is 5.26 Å². The minimum absolute atomic E-state index is 0.118. The Kier molecular flexibility index (Phi) is 3.36. The first-order valence-corrected chi connectivity index (χ1v) is 6.67. The van der Waals surface area contributed by atoms with E-state index in [1.165, 1.54) is 27.8 Å². The number of amides is 1. The van der Waals surface area contributed by atoms with Crippen LogP contribution in [0.1, 0.15) is 40.7 Å². The maximum Gasteiger partial charge on any atom is 0.240 e. The highest BCUT2D eigenvalue weighted by molar-refractivity contribution is 5.88. The van der Waals surface area contributed by atoms with Crippen molar-refractivity contribution in [2.24, 2.45) is 5.41 Å². The zero-order chi connectivity index (χ0) is 14.2. The number of hydrogen-bond donors (Lipinski definition) is 1. The van der Waals surface area contributed by atoms with Gasteiger partial charge in [0.05, 0.1) is 6.07 Å². The van der Waals surface area contributed by atoms with E-state index in [0.717, 1.165) is 0 Å². The van der Waals surface area contributed by atoms with Crippen molar-refractivity contribution in [3.63, 3.8) is 0 Å². The smallest absolute Gasteiger partial charge is 0.240 e. The van der Waals surface area contributed by atoms with Crippen molar-refractivity contribution in [2.45, 2.75) is 47.1 Å². The fourth-order valence-corrected chi connectivity index (χ4v) is 2.42. The molecule has 1 aromatic rings. The summed E-state index contributed by atoms with van der Waals surface area (Å²) in [6.07, 6.45) is 1.39. The quantitative estimate of drug-likeness (QED) is 0.904. The molecule has 0 radical (unpaired) electrons. The van der Waals surface area contributed by atoms with Gasteiger partial charge in [0.25, 0.3) is 0 Å². The van der Waals surface area contributed by atoms with Crippen LogP contribution in [0.2, 0.25) is 0 Å². The molecular formula is C16H20N2O. The van der Waals surface area contributed by atoms with Gasteiger partial charge in [0.2, 0.25) is 5.91 Å². The van der Waals surface area contributed by atoms with Gasteiger partial charge in [0.1, 0.15) is 5.41 Å². The van der Waals surface area contributed by atoms with Crippen LogP contribution in [-0.2, 0) is 11.3 Å². The highest BCUT2D eigenvalue weighted by Gasteiger charge is 2.50. The number of rotatable bonds is 3. The fourth-order valence-electron chi connectivity index (χ4n) is 2.42. The lowest BCUT2D eigenvalue weighted by Gasteiger charge is -2.16. The minimum Gasteiger partial charge on any atom is -0.351 e. The van der Waals surface area contributed by atoms with Gasteiger partial charge >= 0.3 is 0 Å². The summed E-state index contributed by atoms with van der Waals surface area (Å²) in [7, 11) is 0. The van der Waals surface area contributed by atoms with Crippen LogP contribution in [0.3, 0.4) is 0 Å². The first kappa shape index (κ1) is 13.6. The molecule has 1 saturated carbocycles. The van der Waals surface area contributed by atoms with E-state index in [1.807, 2.05) is 0 Å². The van der Waals surface area contributed by atoms with Crippen LogP contribution < -0.4 is 5.32 Å². The normalized spacial score (nSPS) is 15.7. The largest absolute Gasteiger partial charge is 0.351 e. The van der Waals surface area contributed by atoms with Gasteiger partial charge in [-0.15, -0.1) is 0 Å². The molecule has 0 spiro atoms. The minimum atomic E-state index is -0.735. The van der Waals surface area contributed by atoms with Crippen LogP contribution in [0.4, 0.5) is 0 Å². The number of nitriles is 1. The number of hydrogen-bond acceptors (Lipinski definition) is 2. The number of benzene rings is 1. The second-order valence-electron chi connectivity index (χ2n) is 5.62. The van der Waals surface area contributed by atoms with E-state index < -0.39 is 5.41 Å². The summed E-state index contributed by atoms with van der Waals surface area (Å²) in [5.41, 5.74) is 5.39. The van der Waals surface area contributed by atoms with Crippen molar-refractivity contribution in [3.8, 4) is 6.07 Å². The monoisotopic (exact) mass is 256 g/mol. The molecule has 3 nitrogen and oxygen atoms in total. The molecule has 0 saturated heterocycles. The Hall–Kier alpha value is -1.82. The van der Waals surface area contributed by atoms with Gasteiger partial charge < -0.3 is 5.32 Å². The number of carbonyl (C=O) groups is 1. The van der Waals surface area contributed by atoms with Gasteiger partial charge in [-0.25, -0.2) is 0 Å². The molecule has 0 unspecified atom stereocenters. The first-order chi connectivity index (χ1) is 8.91. The second-order valence-corrected chi connectivity index (χ2v) is 5.62. The Morgan fingerprint density at radius 2 is 1.79 bits per heavy atom. The molecule has 0 atom stereocenters. The number of carbonyl (C=O) groups excluding carboxylic acids is 1. The van der Waals surface area contributed by atoms with Gasteiger partial charge in [0.15, 0.2) is 0 Å². The average Bonchev–Trinajstić information content (AvgIpc) is 3.17. The molecule has 1 N–H and O–H groups in total. The van der Waals surface area contributed by atoms with Crippen molar-refractivity contribution in [2.75, 3.05) is 0 Å². The molecule has 19 heavy (non-hydrogen) atoms. The topological polar surface area (TPSA) is 52.9 Å². The molecule has 0 aliphatic heterocycles. The molecule has 1 aliphatic rings. The maximum atomic E-state index is 12.0. The molecule has 3 heteroatoms. The van der Waals surface area contributed by atoms with Crippen LogP contribution in [0.25, 0.3) is 0 Å². The predicted molar refractivity (Wildman–Crippen MR) is 74.5 cm³/mol. The lowest BCUT2D eigenvalue weighted by Crippen LogP contribution is -2.31. The summed E-state index contributed by atoms with van der Waals surface area (Å²) in [5, 5.41) is 11.9. The standard InChI is InChI=1S/C16H20N2O/c1-10-7-11(2)13(4)14(12(10)3)8-18-15(19)16(9-17)5-6-16/h7H,5-6,8H2,1-4H3,(H,18,19). The van der Waals surface area contributed by atoms with E-state index in [0.29, 0.717) is 19.4 Å². The Morgan fingerprint density at radius 1 is 1.26 bits per heavy atom. The van der Waals surface area contributed by atoms with Crippen molar-refractivity contribution in [1.82, 2.24) is 5.32 Å². The van der Waals surface area contributed by atoms with Crippen molar-refractivity contribution in [3.05, 3.63) is 33.9 Å². The average molecular weight is 256 g/mol. The Bertz CT molecular complexity index is 551. The summed E-state index contributed by atoms with van der Waals surface area (Å²) in [4.78, 5) is 12.0. The van der Waals surface area contributed by atoms with Crippen molar-refractivity contribution >= 4 is 5.91 Å². The molecule has 1 aliphatic carbocycles. The third-order valence-electron chi connectivity index (χ3n) is 4.35. The summed E-state index contributed by atoms with van der Waals surface area (Å²) >= 11 is 0. The maximum absolute atomic E-state index is 12.0. The van der Waals surface area contributed by atoms with Gasteiger partial charge in [-0.3, -0.25) is 4.79 Å². The molecule has 1 amide bonds. The highest BCUT2D eigenvalue weighted by Crippen LogP contribution is 2.45. The Morgan fingerprint density at radius 3 is 2.21 bits per heavy atom. The number of aryl methyl sites for hydroxylation is 2. The third-order valence-corrected chi connectivity index (χ3v) is 4.35. The first-order valence-electron chi connectivity index (χ1n) is 6.67. The number of nitrogens with one attached hydrogen (secondary N) is 1. The fraction of sp³-hybridized carbons (Fsp3) is 0.500. The van der Waals surface area contributed by atoms with Crippen molar-refractivity contribution in [1.29, 1.82) is 5.26 Å². The molecule has 1 fully saturated rings. The van der Waals surface area contributed by atoms with Crippen LogP contribution >= 0.6 is 0 Å². The van der Waals surface area contributed by atoms with Crippen LogP contribution in [0.15, 0.2) is 6.07 Å². The summed E-state index contributed by atoms with van der Waals surface area (Å²) < 4.78 is 0. The highest BCUT2D eigenvalue weighted by atomic mass is 16.2. The number of nitrogens with zero attached hydrogens (tertiary/aromatic N) is 1. The molecule has 100 valence electrons. The van der Waals surface area contributed by atoms with Crippen LogP contribution in [0, 0.1) is 44.4 Å². The summed E-state index contributed by atoms with van der Waals surface area (Å²) in [5.74, 6) is -0.118. The summed E-state index contributed by atoms with van der Waals surface area (Å²) in [6.45, 7) is 8.86. The lowest BCUT2D eigenvalue weighted by atomic mass is 9.94. The summed E-state index contributed by atoms with van der Waals surface area (Å²) in [6, 6.07) is 4.30. The second kappa shape index (κ2) is 4.70. The molecule has 0 aromatic heterocycles. The Balaban J connectivity index is 2.17. The van der Waals surface area contributed by atoms with E-state index in [9.17, 15) is 4.79 Å². The molecule has 1 aromatic carbocycles. The third kappa shape index (κ3) is 2.35. The van der Waals surface area contributed by atoms with Gasteiger partial charge in [0, 0.05) is 6.54 Å². The zero-order valence-corrected chi connectivity index (χ0v) is 12.1. The van der Waals surface area contributed by atoms with E-state index in [1.54, 1.807) is 0 Å². The van der Waals surface area contributed by atoms with Crippen LogP contribution in [-0.4, -0.2) is 5.91 Å².